The molecule has 0 radical (unpaired) electrons. The highest BCUT2D eigenvalue weighted by Gasteiger charge is 2.38. The van der Waals surface area contributed by atoms with Crippen LogP contribution >= 0.6 is 23.5 Å². The zero-order valence-electron chi connectivity index (χ0n) is 12.0. The molecule has 1 fully saturated rings. The van der Waals surface area contributed by atoms with Crippen molar-refractivity contribution in [2.24, 2.45) is 0 Å². The van der Waals surface area contributed by atoms with E-state index in [9.17, 15) is 18.0 Å². The van der Waals surface area contributed by atoms with E-state index in [1.54, 1.807) is 13.1 Å². The van der Waals surface area contributed by atoms with Crippen molar-refractivity contribution >= 4 is 40.7 Å². The zero-order chi connectivity index (χ0) is 17.5. The Morgan fingerprint density at radius 1 is 1.52 bits per heavy atom. The Morgan fingerprint density at radius 3 is 2.65 bits per heavy atom. The fourth-order valence-electron chi connectivity index (χ4n) is 1.67. The number of nitrogens with one attached hydrogen (secondary N) is 1. The number of carboxylic acid groups (broad SMARTS) is 1. The van der Waals surface area contributed by atoms with E-state index in [4.69, 9.17) is 9.90 Å². The summed E-state index contributed by atoms with van der Waals surface area (Å²) >= 11 is 2.62. The summed E-state index contributed by atoms with van der Waals surface area (Å²) in [7, 11) is 0. The largest absolute Gasteiger partial charge is 0.490 e. The minimum atomic E-state index is -5.08. The number of carbonyl (C=O) groups is 2. The smallest absolute Gasteiger partial charge is 0.475 e. The topological polar surface area (TPSA) is 92.2 Å². The summed E-state index contributed by atoms with van der Waals surface area (Å²) in [5, 5.41) is 10.9. The van der Waals surface area contributed by atoms with Gasteiger partial charge in [0.1, 0.15) is 0 Å². The Labute approximate surface area is 138 Å². The zero-order valence-corrected chi connectivity index (χ0v) is 13.6. The molecule has 1 saturated heterocycles. The van der Waals surface area contributed by atoms with Gasteiger partial charge in [0.2, 0.25) is 0 Å². The number of aromatic nitrogens is 2. The second-order valence-corrected chi connectivity index (χ2v) is 6.35. The maximum atomic E-state index is 11.1. The van der Waals surface area contributed by atoms with Crippen LogP contribution in [-0.2, 0) is 9.59 Å². The first kappa shape index (κ1) is 19.6. The molecule has 1 aliphatic heterocycles. The van der Waals surface area contributed by atoms with Gasteiger partial charge in [0.05, 0.1) is 23.6 Å². The van der Waals surface area contributed by atoms with Gasteiger partial charge in [-0.25, -0.2) is 4.79 Å². The van der Waals surface area contributed by atoms with Crippen LogP contribution in [0.4, 0.5) is 13.2 Å². The number of rotatable bonds is 2. The average molecular weight is 369 g/mol. The van der Waals surface area contributed by atoms with Crippen molar-refractivity contribution in [3.63, 3.8) is 0 Å². The Bertz CT molecular complexity index is 562. The standard InChI is InChI=1S/C10H13N3OS2.C2HF3O2/c1-7(14)15-10-2-3-11-5-8(10)4-9-6-12-16-13-9;3-2(4,5)1(6)7/h4,6,10-11H,2-3,5H2,1H3;(H,6,7). The van der Waals surface area contributed by atoms with Gasteiger partial charge >= 0.3 is 12.1 Å². The Morgan fingerprint density at radius 2 is 2.17 bits per heavy atom. The van der Waals surface area contributed by atoms with Crippen molar-refractivity contribution in [3.8, 4) is 0 Å². The monoisotopic (exact) mass is 369 g/mol. The van der Waals surface area contributed by atoms with Crippen molar-refractivity contribution in [1.29, 1.82) is 0 Å². The quantitative estimate of drug-likeness (QED) is 0.826. The Hall–Kier alpha value is -1.46. The molecule has 0 saturated carbocycles. The van der Waals surface area contributed by atoms with E-state index < -0.39 is 12.1 Å². The minimum absolute atomic E-state index is 0.175. The molecule has 11 heteroatoms. The molecule has 0 bridgehead atoms. The van der Waals surface area contributed by atoms with E-state index in [0.29, 0.717) is 5.25 Å². The molecule has 23 heavy (non-hydrogen) atoms. The number of hydrogen-bond donors (Lipinski definition) is 2. The van der Waals surface area contributed by atoms with Gasteiger partial charge in [-0.3, -0.25) is 4.79 Å². The number of carbonyl (C=O) groups excluding carboxylic acids is 1. The lowest BCUT2D eigenvalue weighted by Gasteiger charge is -2.24. The molecule has 1 unspecified atom stereocenters. The predicted molar refractivity (Wildman–Crippen MR) is 81.1 cm³/mol. The lowest BCUT2D eigenvalue weighted by atomic mass is 10.1. The fraction of sp³-hybridized carbons (Fsp3) is 0.500. The fourth-order valence-corrected chi connectivity index (χ4v) is 3.00. The molecule has 1 aliphatic rings. The van der Waals surface area contributed by atoms with E-state index in [0.717, 1.165) is 25.2 Å². The number of carboxylic acids is 1. The second kappa shape index (κ2) is 8.99. The summed E-state index contributed by atoms with van der Waals surface area (Å²) in [4.78, 5) is 20.0. The van der Waals surface area contributed by atoms with Gasteiger partial charge in [-0.15, -0.1) is 0 Å². The van der Waals surface area contributed by atoms with E-state index in [2.05, 4.69) is 14.1 Å². The first-order valence-electron chi connectivity index (χ1n) is 6.36. The molecule has 1 aromatic rings. The van der Waals surface area contributed by atoms with Crippen LogP contribution in [0.5, 0.6) is 0 Å². The lowest BCUT2D eigenvalue weighted by Crippen LogP contribution is -2.32. The molecule has 0 aromatic carbocycles. The molecule has 128 valence electrons. The summed E-state index contributed by atoms with van der Waals surface area (Å²) in [6, 6.07) is 0. The van der Waals surface area contributed by atoms with Crippen molar-refractivity contribution < 1.29 is 27.9 Å². The van der Waals surface area contributed by atoms with Gasteiger partial charge in [-0.2, -0.15) is 21.9 Å². The van der Waals surface area contributed by atoms with Crippen LogP contribution in [0.2, 0.25) is 0 Å². The predicted octanol–water partition coefficient (Wildman–Crippen LogP) is 2.20. The Balaban J connectivity index is 0.000000322. The molecule has 0 spiro atoms. The molecule has 1 atom stereocenters. The molecule has 2 heterocycles. The maximum Gasteiger partial charge on any atom is 0.490 e. The molecule has 1 aromatic heterocycles. The number of aliphatic carboxylic acids is 1. The van der Waals surface area contributed by atoms with E-state index in [1.165, 1.54) is 29.1 Å². The van der Waals surface area contributed by atoms with Crippen molar-refractivity contribution in [3.05, 3.63) is 17.5 Å². The van der Waals surface area contributed by atoms with Crippen LogP contribution in [0.3, 0.4) is 0 Å². The first-order valence-corrected chi connectivity index (χ1v) is 7.97. The number of piperidine rings is 1. The third kappa shape index (κ3) is 7.57. The summed E-state index contributed by atoms with van der Waals surface area (Å²) in [5.74, 6) is -2.76. The molecular weight excluding hydrogens is 355 g/mol. The van der Waals surface area contributed by atoms with Crippen LogP contribution in [0, 0.1) is 0 Å². The highest BCUT2D eigenvalue weighted by atomic mass is 32.2. The third-order valence-corrected chi connectivity index (χ3v) is 4.24. The Kier molecular flexibility index (Phi) is 7.65. The van der Waals surface area contributed by atoms with Crippen molar-refractivity contribution in [1.82, 2.24) is 14.1 Å². The molecule has 0 amide bonds. The van der Waals surface area contributed by atoms with Crippen molar-refractivity contribution in [2.75, 3.05) is 13.1 Å². The summed E-state index contributed by atoms with van der Waals surface area (Å²) in [5.41, 5.74) is 2.12. The molecular formula is C12H14F3N3O3S2. The average Bonchev–Trinajstić information content (AvgIpc) is 2.93. The van der Waals surface area contributed by atoms with Crippen LogP contribution in [0.1, 0.15) is 19.0 Å². The van der Waals surface area contributed by atoms with Crippen LogP contribution in [0.15, 0.2) is 11.8 Å². The number of halogens is 3. The van der Waals surface area contributed by atoms with Crippen LogP contribution < -0.4 is 5.32 Å². The highest BCUT2D eigenvalue weighted by Crippen LogP contribution is 2.26. The van der Waals surface area contributed by atoms with Gasteiger partial charge in [0.25, 0.3) is 0 Å². The van der Waals surface area contributed by atoms with E-state index >= 15 is 0 Å². The number of hydrogen-bond acceptors (Lipinski definition) is 7. The SMILES string of the molecule is CC(=O)SC1CCNCC1=Cc1cnsn1.O=C(O)C(F)(F)F. The van der Waals surface area contributed by atoms with Gasteiger partial charge in [-0.1, -0.05) is 11.8 Å². The molecule has 6 nitrogen and oxygen atoms in total. The number of thioether (sulfide) groups is 1. The maximum absolute atomic E-state index is 11.1. The van der Waals surface area contributed by atoms with Crippen LogP contribution in [-0.4, -0.2) is 49.5 Å². The van der Waals surface area contributed by atoms with E-state index in [-0.39, 0.29) is 5.12 Å². The second-order valence-electron chi connectivity index (χ2n) is 4.42. The highest BCUT2D eigenvalue weighted by molar-refractivity contribution is 8.14. The third-order valence-electron chi connectivity index (χ3n) is 2.59. The lowest BCUT2D eigenvalue weighted by molar-refractivity contribution is -0.192. The number of nitrogens with zero attached hydrogens (tertiary/aromatic N) is 2. The molecule has 2 rings (SSSR count). The molecule has 0 aliphatic carbocycles. The van der Waals surface area contributed by atoms with Gasteiger partial charge in [0, 0.05) is 18.7 Å². The summed E-state index contributed by atoms with van der Waals surface area (Å²) < 4.78 is 39.9. The van der Waals surface area contributed by atoms with E-state index in [1.807, 2.05) is 6.08 Å². The first-order chi connectivity index (χ1) is 10.7. The van der Waals surface area contributed by atoms with Gasteiger partial charge < -0.3 is 10.4 Å². The normalized spacial score (nSPS) is 19.8. The van der Waals surface area contributed by atoms with Gasteiger partial charge in [-0.05, 0) is 24.6 Å². The summed E-state index contributed by atoms with van der Waals surface area (Å²) in [6.07, 6.45) is -0.300. The van der Waals surface area contributed by atoms with Crippen LogP contribution in [0.25, 0.3) is 6.08 Å². The summed E-state index contributed by atoms with van der Waals surface area (Å²) in [6.45, 7) is 3.43. The molecule has 2 N–H and O–H groups in total. The van der Waals surface area contributed by atoms with Gasteiger partial charge in [0.15, 0.2) is 5.12 Å². The number of alkyl halides is 3. The minimum Gasteiger partial charge on any atom is -0.475 e. The van der Waals surface area contributed by atoms with Crippen molar-refractivity contribution in [2.45, 2.75) is 24.8 Å².